The third-order valence-corrected chi connectivity index (χ3v) is 3.90. The highest BCUT2D eigenvalue weighted by atomic mass is 16.5. The Morgan fingerprint density at radius 1 is 1.12 bits per heavy atom. The van der Waals surface area contributed by atoms with Gasteiger partial charge in [0.15, 0.2) is 0 Å². The molecule has 1 amide bonds. The Bertz CT molecular complexity index is 336. The van der Waals surface area contributed by atoms with E-state index >= 15 is 0 Å². The number of carbonyl (C=O) groups excluding carboxylic acids is 1. The lowest BCUT2D eigenvalue weighted by Gasteiger charge is -2.55. The zero-order valence-electron chi connectivity index (χ0n) is 10.8. The molecule has 1 spiro atoms. The van der Waals surface area contributed by atoms with Gasteiger partial charge >= 0.3 is 0 Å². The van der Waals surface area contributed by atoms with E-state index in [1.54, 1.807) is 0 Å². The zero-order chi connectivity index (χ0) is 13.1. The van der Waals surface area contributed by atoms with Crippen molar-refractivity contribution in [2.75, 3.05) is 6.67 Å². The number of piperidine rings is 1. The molecule has 2 aliphatic heterocycles. The van der Waals surface area contributed by atoms with Crippen molar-refractivity contribution in [3.8, 4) is 0 Å². The summed E-state index contributed by atoms with van der Waals surface area (Å²) in [6, 6.07) is 0. The van der Waals surface area contributed by atoms with Crippen LogP contribution in [0.4, 0.5) is 0 Å². The van der Waals surface area contributed by atoms with E-state index in [0.29, 0.717) is 12.8 Å². The van der Waals surface area contributed by atoms with Crippen LogP contribution in [-0.2, 0) is 4.79 Å². The summed E-state index contributed by atoms with van der Waals surface area (Å²) in [4.78, 5) is 12.0. The van der Waals surface area contributed by atoms with Crippen LogP contribution in [0.3, 0.4) is 0 Å². The zero-order valence-corrected chi connectivity index (χ0v) is 10.8. The maximum atomic E-state index is 12.0. The minimum atomic E-state index is -0.924. The van der Waals surface area contributed by atoms with E-state index in [4.69, 9.17) is 0 Å². The van der Waals surface area contributed by atoms with Crippen LogP contribution in [-0.4, -0.2) is 49.7 Å². The highest BCUT2D eigenvalue weighted by Crippen LogP contribution is 2.45. The molecule has 98 valence electrons. The van der Waals surface area contributed by atoms with Gasteiger partial charge in [-0.2, -0.15) is 10.1 Å². The molecular weight excluding hydrogens is 222 g/mol. The van der Waals surface area contributed by atoms with E-state index < -0.39 is 16.6 Å². The van der Waals surface area contributed by atoms with Gasteiger partial charge < -0.3 is 15.7 Å². The lowest BCUT2D eigenvalue weighted by molar-refractivity contribution is -0.281. The van der Waals surface area contributed by atoms with Crippen molar-refractivity contribution in [2.45, 2.75) is 57.2 Å². The largest absolute Gasteiger partial charge is 0.339 e. The molecule has 2 fully saturated rings. The van der Waals surface area contributed by atoms with E-state index in [-0.39, 0.29) is 12.6 Å². The summed E-state index contributed by atoms with van der Waals surface area (Å²) in [5.74, 6) is -0.158. The molecular formula is C11H21N3O3. The van der Waals surface area contributed by atoms with Gasteiger partial charge in [-0.15, -0.1) is 0 Å². The average Bonchev–Trinajstić information content (AvgIpc) is 2.42. The van der Waals surface area contributed by atoms with Crippen LogP contribution in [0.15, 0.2) is 0 Å². The van der Waals surface area contributed by atoms with Crippen LogP contribution in [0.1, 0.15) is 40.5 Å². The first-order valence-corrected chi connectivity index (χ1v) is 5.86. The monoisotopic (exact) mass is 243 g/mol. The fraction of sp³-hybridized carbons (Fsp3) is 0.909. The second kappa shape index (κ2) is 3.41. The van der Waals surface area contributed by atoms with Crippen molar-refractivity contribution in [3.63, 3.8) is 0 Å². The molecule has 0 aromatic heterocycles. The maximum absolute atomic E-state index is 12.0. The molecule has 0 radical (unpaired) electrons. The number of hydroxylamine groups is 4. The number of amides is 1. The molecule has 0 unspecified atom stereocenters. The highest BCUT2D eigenvalue weighted by molar-refractivity contribution is 5.88. The fourth-order valence-corrected chi connectivity index (χ4v) is 3.39. The standard InChI is InChI=1S/C11H21N3O3/c1-9(2)5-11(6-10(3,4)14(9)17)8(15)12-7-13(11)16/h16-17H,5-7H2,1-4H3,(H,12,15). The van der Waals surface area contributed by atoms with Crippen LogP contribution in [0, 0.1) is 0 Å². The molecule has 2 rings (SSSR count). The number of carbonyl (C=O) groups is 1. The minimum absolute atomic E-state index is 0.149. The van der Waals surface area contributed by atoms with E-state index in [1.807, 2.05) is 27.7 Å². The van der Waals surface area contributed by atoms with Crippen molar-refractivity contribution in [3.05, 3.63) is 0 Å². The van der Waals surface area contributed by atoms with Gasteiger partial charge in [0.2, 0.25) is 5.91 Å². The van der Waals surface area contributed by atoms with Crippen LogP contribution in [0.2, 0.25) is 0 Å². The predicted molar refractivity (Wildman–Crippen MR) is 60.4 cm³/mol. The number of nitrogens with one attached hydrogen (secondary N) is 1. The van der Waals surface area contributed by atoms with Gasteiger partial charge in [-0.25, -0.2) is 0 Å². The topological polar surface area (TPSA) is 76.0 Å². The molecule has 3 N–H and O–H groups in total. The van der Waals surface area contributed by atoms with Gasteiger partial charge in [0, 0.05) is 11.1 Å². The number of nitrogens with zero attached hydrogens (tertiary/aromatic N) is 2. The Morgan fingerprint density at radius 3 is 1.94 bits per heavy atom. The Morgan fingerprint density at radius 2 is 1.59 bits per heavy atom. The van der Waals surface area contributed by atoms with Gasteiger partial charge in [-0.3, -0.25) is 4.79 Å². The summed E-state index contributed by atoms with van der Waals surface area (Å²) in [6.07, 6.45) is 0.782. The molecule has 0 aliphatic carbocycles. The molecule has 0 aromatic carbocycles. The third kappa shape index (κ3) is 1.67. The van der Waals surface area contributed by atoms with Gasteiger partial charge in [0.25, 0.3) is 0 Å². The van der Waals surface area contributed by atoms with Gasteiger partial charge in [0.05, 0.1) is 6.67 Å². The lowest BCUT2D eigenvalue weighted by Crippen LogP contribution is -2.68. The summed E-state index contributed by atoms with van der Waals surface area (Å²) in [7, 11) is 0. The Balaban J connectivity index is 2.42. The van der Waals surface area contributed by atoms with Crippen LogP contribution in [0.5, 0.6) is 0 Å². The molecule has 17 heavy (non-hydrogen) atoms. The quantitative estimate of drug-likeness (QED) is 0.579. The highest BCUT2D eigenvalue weighted by Gasteiger charge is 2.60. The normalized spacial score (nSPS) is 31.8. The smallest absolute Gasteiger partial charge is 0.244 e. The first kappa shape index (κ1) is 12.8. The van der Waals surface area contributed by atoms with E-state index in [9.17, 15) is 15.2 Å². The van der Waals surface area contributed by atoms with Gasteiger partial charge in [-0.05, 0) is 40.5 Å². The molecule has 2 heterocycles. The van der Waals surface area contributed by atoms with Crippen LogP contribution < -0.4 is 5.32 Å². The lowest BCUT2D eigenvalue weighted by atomic mass is 9.70. The molecule has 0 saturated carbocycles. The molecule has 2 saturated heterocycles. The summed E-state index contributed by atoms with van der Waals surface area (Å²) < 4.78 is 0. The number of hydrogen-bond acceptors (Lipinski definition) is 5. The summed E-state index contributed by atoms with van der Waals surface area (Å²) >= 11 is 0. The maximum Gasteiger partial charge on any atom is 0.244 e. The molecule has 2 aliphatic rings. The fourth-order valence-electron chi connectivity index (χ4n) is 3.39. The molecule has 6 heteroatoms. The van der Waals surface area contributed by atoms with Crippen molar-refractivity contribution in [2.24, 2.45) is 0 Å². The van der Waals surface area contributed by atoms with E-state index in [1.165, 1.54) is 5.06 Å². The van der Waals surface area contributed by atoms with Crippen molar-refractivity contribution in [1.29, 1.82) is 0 Å². The first-order valence-electron chi connectivity index (χ1n) is 5.86. The Hall–Kier alpha value is -0.690. The van der Waals surface area contributed by atoms with Crippen molar-refractivity contribution in [1.82, 2.24) is 15.4 Å². The molecule has 0 aromatic rings. The van der Waals surface area contributed by atoms with Gasteiger partial charge in [-0.1, -0.05) is 0 Å². The number of hydrogen-bond donors (Lipinski definition) is 3. The van der Waals surface area contributed by atoms with Crippen LogP contribution >= 0.6 is 0 Å². The Labute approximate surface area is 101 Å². The van der Waals surface area contributed by atoms with Crippen LogP contribution in [0.25, 0.3) is 0 Å². The van der Waals surface area contributed by atoms with E-state index in [2.05, 4.69) is 5.32 Å². The van der Waals surface area contributed by atoms with Crippen molar-refractivity contribution >= 4 is 5.91 Å². The average molecular weight is 243 g/mol. The molecule has 0 bridgehead atoms. The predicted octanol–water partition coefficient (Wildman–Crippen LogP) is 0.546. The molecule has 0 atom stereocenters. The Kier molecular flexibility index (Phi) is 2.56. The van der Waals surface area contributed by atoms with E-state index in [0.717, 1.165) is 5.06 Å². The third-order valence-electron chi connectivity index (χ3n) is 3.90. The molecule has 6 nitrogen and oxygen atoms in total. The summed E-state index contributed by atoms with van der Waals surface area (Å²) in [5.41, 5.74) is -2.05. The summed E-state index contributed by atoms with van der Waals surface area (Å²) in [5, 5.41) is 25.2. The number of rotatable bonds is 0. The summed E-state index contributed by atoms with van der Waals surface area (Å²) in [6.45, 7) is 7.63. The minimum Gasteiger partial charge on any atom is -0.339 e. The second-order valence-corrected chi connectivity index (χ2v) is 6.39. The van der Waals surface area contributed by atoms with Crippen molar-refractivity contribution < 1.29 is 15.2 Å². The first-order chi connectivity index (χ1) is 7.62. The second-order valence-electron chi connectivity index (χ2n) is 6.39. The SMILES string of the molecule is CC1(C)CC2(CC(C)(C)N1O)C(=O)NCN2O. The van der Waals surface area contributed by atoms with Gasteiger partial charge in [0.1, 0.15) is 5.54 Å².